The van der Waals surface area contributed by atoms with E-state index in [1.165, 1.54) is 19.2 Å². The number of carboxylic acid groups (broad SMARTS) is 1. The van der Waals surface area contributed by atoms with Gasteiger partial charge in [-0.1, -0.05) is 6.42 Å². The fraction of sp³-hybridized carbons (Fsp3) is 0.500. The average Bonchev–Trinajstić information content (AvgIpc) is 2.45. The van der Waals surface area contributed by atoms with Crippen LogP contribution >= 0.6 is 0 Å². The standard InChI is InChI=1S/C16H20FNO5/c1-22-7-8-23-13-4-3-11(17)9-12(13)18-14(19)10-16(15(20)21)5-2-6-16/h3-4,9H,2,5-8,10H2,1H3,(H,18,19)(H,20,21). The van der Waals surface area contributed by atoms with Crippen molar-refractivity contribution >= 4 is 17.6 Å². The van der Waals surface area contributed by atoms with Gasteiger partial charge in [-0.25, -0.2) is 4.39 Å². The molecule has 0 atom stereocenters. The Morgan fingerprint density at radius 1 is 1.35 bits per heavy atom. The minimum absolute atomic E-state index is 0.129. The molecular formula is C16H20FNO5. The number of carbonyl (C=O) groups excluding carboxylic acids is 1. The lowest BCUT2D eigenvalue weighted by molar-refractivity contribution is -0.157. The van der Waals surface area contributed by atoms with E-state index < -0.39 is 23.1 Å². The number of halogens is 1. The van der Waals surface area contributed by atoms with E-state index in [2.05, 4.69) is 5.32 Å². The van der Waals surface area contributed by atoms with Crippen LogP contribution in [0.25, 0.3) is 0 Å². The van der Waals surface area contributed by atoms with Crippen molar-refractivity contribution in [2.24, 2.45) is 5.41 Å². The maximum atomic E-state index is 13.4. The number of hydrogen-bond acceptors (Lipinski definition) is 4. The maximum absolute atomic E-state index is 13.4. The summed E-state index contributed by atoms with van der Waals surface area (Å²) < 4.78 is 23.7. The molecule has 0 saturated heterocycles. The second-order valence-corrected chi connectivity index (χ2v) is 5.65. The van der Waals surface area contributed by atoms with Crippen LogP contribution in [0, 0.1) is 11.2 Å². The molecule has 0 heterocycles. The third kappa shape index (κ3) is 4.19. The van der Waals surface area contributed by atoms with E-state index in [1.54, 1.807) is 0 Å². The number of benzene rings is 1. The van der Waals surface area contributed by atoms with Crippen LogP contribution in [-0.2, 0) is 14.3 Å². The first-order chi connectivity index (χ1) is 11.0. The number of aliphatic carboxylic acids is 1. The first kappa shape index (κ1) is 17.2. The van der Waals surface area contributed by atoms with Crippen molar-refractivity contribution in [1.29, 1.82) is 0 Å². The SMILES string of the molecule is COCCOc1ccc(F)cc1NC(=O)CC1(C(=O)O)CCC1. The number of ether oxygens (including phenoxy) is 2. The van der Waals surface area contributed by atoms with Gasteiger partial charge >= 0.3 is 5.97 Å². The molecule has 126 valence electrons. The topological polar surface area (TPSA) is 84.9 Å². The Balaban J connectivity index is 2.04. The lowest BCUT2D eigenvalue weighted by Gasteiger charge is -2.36. The fourth-order valence-electron chi connectivity index (χ4n) is 2.53. The highest BCUT2D eigenvalue weighted by molar-refractivity contribution is 5.95. The summed E-state index contributed by atoms with van der Waals surface area (Å²) in [6, 6.07) is 3.79. The zero-order valence-corrected chi connectivity index (χ0v) is 12.9. The van der Waals surface area contributed by atoms with Crippen molar-refractivity contribution in [2.45, 2.75) is 25.7 Å². The molecule has 1 aromatic carbocycles. The molecule has 1 fully saturated rings. The minimum atomic E-state index is -0.992. The minimum Gasteiger partial charge on any atom is -0.489 e. The molecule has 1 aliphatic carbocycles. The van der Waals surface area contributed by atoms with Crippen molar-refractivity contribution in [2.75, 3.05) is 25.6 Å². The first-order valence-corrected chi connectivity index (χ1v) is 7.41. The molecule has 0 bridgehead atoms. The number of carboxylic acids is 1. The van der Waals surface area contributed by atoms with Crippen LogP contribution in [0.4, 0.5) is 10.1 Å². The van der Waals surface area contributed by atoms with Gasteiger partial charge < -0.3 is 19.9 Å². The summed E-state index contributed by atoms with van der Waals surface area (Å²) in [6.07, 6.45) is 1.63. The summed E-state index contributed by atoms with van der Waals surface area (Å²) in [6.45, 7) is 0.608. The molecule has 1 amide bonds. The van der Waals surface area contributed by atoms with Crippen LogP contribution in [0.3, 0.4) is 0 Å². The largest absolute Gasteiger partial charge is 0.489 e. The predicted molar refractivity (Wildman–Crippen MR) is 80.9 cm³/mol. The van der Waals surface area contributed by atoms with Gasteiger partial charge in [0.25, 0.3) is 0 Å². The summed E-state index contributed by atoms with van der Waals surface area (Å²) in [4.78, 5) is 23.5. The number of rotatable bonds is 8. The Labute approximate surface area is 133 Å². The first-order valence-electron chi connectivity index (χ1n) is 7.41. The van der Waals surface area contributed by atoms with Crippen molar-refractivity contribution in [3.63, 3.8) is 0 Å². The van der Waals surface area contributed by atoms with Crippen LogP contribution in [0.15, 0.2) is 18.2 Å². The summed E-state index contributed by atoms with van der Waals surface area (Å²) in [5, 5.41) is 11.8. The summed E-state index contributed by atoms with van der Waals surface area (Å²) in [5.41, 5.74) is -0.806. The highest BCUT2D eigenvalue weighted by Crippen LogP contribution is 2.44. The van der Waals surface area contributed by atoms with E-state index in [4.69, 9.17) is 9.47 Å². The fourth-order valence-corrected chi connectivity index (χ4v) is 2.53. The van der Waals surface area contributed by atoms with Crippen LogP contribution in [0.5, 0.6) is 5.75 Å². The van der Waals surface area contributed by atoms with Gasteiger partial charge in [-0.15, -0.1) is 0 Å². The van der Waals surface area contributed by atoms with E-state index in [0.29, 0.717) is 25.2 Å². The third-order valence-electron chi connectivity index (χ3n) is 4.02. The quantitative estimate of drug-likeness (QED) is 0.717. The highest BCUT2D eigenvalue weighted by atomic mass is 19.1. The Hall–Kier alpha value is -2.15. The van der Waals surface area contributed by atoms with E-state index in [1.807, 2.05) is 0 Å². The Morgan fingerprint density at radius 2 is 2.09 bits per heavy atom. The van der Waals surface area contributed by atoms with Crippen LogP contribution in [0.2, 0.25) is 0 Å². The molecule has 0 aliphatic heterocycles. The van der Waals surface area contributed by atoms with Gasteiger partial charge in [-0.3, -0.25) is 9.59 Å². The average molecular weight is 325 g/mol. The lowest BCUT2D eigenvalue weighted by Crippen LogP contribution is -2.41. The summed E-state index contributed by atoms with van der Waals surface area (Å²) in [5.74, 6) is -1.63. The Kier molecular flexibility index (Phi) is 5.54. The molecule has 2 rings (SSSR count). The van der Waals surface area contributed by atoms with Crippen molar-refractivity contribution in [3.05, 3.63) is 24.0 Å². The zero-order chi connectivity index (χ0) is 16.9. The van der Waals surface area contributed by atoms with E-state index >= 15 is 0 Å². The zero-order valence-electron chi connectivity index (χ0n) is 12.9. The molecule has 2 N–H and O–H groups in total. The van der Waals surface area contributed by atoms with Gasteiger partial charge in [0.15, 0.2) is 0 Å². The number of methoxy groups -OCH3 is 1. The lowest BCUT2D eigenvalue weighted by atomic mass is 9.66. The number of amides is 1. The van der Waals surface area contributed by atoms with E-state index in [9.17, 15) is 19.1 Å². The van der Waals surface area contributed by atoms with Crippen molar-refractivity contribution in [3.8, 4) is 5.75 Å². The van der Waals surface area contributed by atoms with Gasteiger partial charge in [-0.2, -0.15) is 0 Å². The smallest absolute Gasteiger partial charge is 0.310 e. The second-order valence-electron chi connectivity index (χ2n) is 5.65. The summed E-state index contributed by atoms with van der Waals surface area (Å²) in [7, 11) is 1.53. The Bertz CT molecular complexity index is 586. The normalized spacial score (nSPS) is 15.6. The van der Waals surface area contributed by atoms with Crippen LogP contribution in [-0.4, -0.2) is 37.3 Å². The molecular weight excluding hydrogens is 305 g/mol. The molecule has 0 aromatic heterocycles. The molecule has 0 spiro atoms. The molecule has 6 nitrogen and oxygen atoms in total. The van der Waals surface area contributed by atoms with Crippen LogP contribution in [0.1, 0.15) is 25.7 Å². The predicted octanol–water partition coefficient (Wildman–Crippen LogP) is 2.43. The molecule has 0 radical (unpaired) electrons. The van der Waals surface area contributed by atoms with Crippen LogP contribution < -0.4 is 10.1 Å². The Morgan fingerprint density at radius 3 is 2.65 bits per heavy atom. The second kappa shape index (κ2) is 7.41. The number of carbonyl (C=O) groups is 2. The molecule has 23 heavy (non-hydrogen) atoms. The molecule has 1 saturated carbocycles. The van der Waals surface area contributed by atoms with Gasteiger partial charge in [0.1, 0.15) is 18.2 Å². The summed E-state index contributed by atoms with van der Waals surface area (Å²) >= 11 is 0. The molecule has 7 heteroatoms. The van der Waals surface area contributed by atoms with Gasteiger partial charge in [0, 0.05) is 19.6 Å². The van der Waals surface area contributed by atoms with Crippen molar-refractivity contribution < 1.29 is 28.6 Å². The monoisotopic (exact) mass is 325 g/mol. The maximum Gasteiger partial charge on any atom is 0.310 e. The molecule has 1 aliphatic rings. The molecule has 0 unspecified atom stereocenters. The molecule has 1 aromatic rings. The van der Waals surface area contributed by atoms with Crippen molar-refractivity contribution in [1.82, 2.24) is 0 Å². The number of hydrogen-bond donors (Lipinski definition) is 2. The third-order valence-corrected chi connectivity index (χ3v) is 4.02. The van der Waals surface area contributed by atoms with E-state index in [0.717, 1.165) is 12.5 Å². The number of anilines is 1. The van der Waals surface area contributed by atoms with Gasteiger partial charge in [-0.05, 0) is 25.0 Å². The van der Waals surface area contributed by atoms with Gasteiger partial charge in [0.2, 0.25) is 5.91 Å². The van der Waals surface area contributed by atoms with E-state index in [-0.39, 0.29) is 18.7 Å². The number of nitrogens with one attached hydrogen (secondary N) is 1. The highest BCUT2D eigenvalue weighted by Gasteiger charge is 2.45. The van der Waals surface area contributed by atoms with Gasteiger partial charge in [0.05, 0.1) is 17.7 Å².